The molecule has 0 bridgehead atoms. The van der Waals surface area contributed by atoms with Crippen LogP contribution in [0.25, 0.3) is 10.8 Å². The third kappa shape index (κ3) is 3.63. The smallest absolute Gasteiger partial charge is 0.238 e. The Labute approximate surface area is 237 Å². The second kappa shape index (κ2) is 9.23. The first kappa shape index (κ1) is 25.4. The van der Waals surface area contributed by atoms with Crippen LogP contribution in [0, 0.1) is 17.8 Å². The molecule has 1 N–H and O–H groups in total. The van der Waals surface area contributed by atoms with Crippen molar-refractivity contribution in [3.8, 4) is 5.75 Å². The van der Waals surface area contributed by atoms with Crippen molar-refractivity contribution in [2.24, 2.45) is 17.8 Å². The molecule has 0 saturated carbocycles. The summed E-state index contributed by atoms with van der Waals surface area (Å²) >= 11 is 0. The zero-order valence-corrected chi connectivity index (χ0v) is 22.9. The average molecular weight is 544 g/mol. The number of hydrogen-bond donors (Lipinski definition) is 1. The molecule has 41 heavy (non-hydrogen) atoms. The van der Waals surface area contributed by atoms with Crippen LogP contribution in [-0.4, -0.2) is 28.5 Å². The van der Waals surface area contributed by atoms with Crippen LogP contribution in [-0.2, 0) is 25.6 Å². The van der Waals surface area contributed by atoms with Gasteiger partial charge in [0.25, 0.3) is 0 Å². The number of nitrogens with zero attached hydrogens (tertiary/aromatic N) is 1. The fourth-order valence-corrected chi connectivity index (χ4v) is 7.36. The summed E-state index contributed by atoms with van der Waals surface area (Å²) in [7, 11) is 0. The molecule has 6 heteroatoms. The normalized spacial score (nSPS) is 25.7. The number of phenolic OH excluding ortho intramolecular Hbond substituents is 1. The number of allylic oxidation sites excluding steroid dienone is 6. The Morgan fingerprint density at radius 1 is 0.902 bits per heavy atom. The molecule has 4 unspecified atom stereocenters. The number of imide groups is 1. The van der Waals surface area contributed by atoms with Gasteiger partial charge in [-0.15, -0.1) is 0 Å². The number of aromatic hydroxyl groups is 1. The molecule has 6 nitrogen and oxygen atoms in total. The Bertz CT molecular complexity index is 1790. The molecule has 0 radical (unpaired) electrons. The summed E-state index contributed by atoms with van der Waals surface area (Å²) in [6.45, 7) is 3.69. The Kier molecular flexibility index (Phi) is 5.72. The molecule has 0 aromatic heterocycles. The molecule has 204 valence electrons. The summed E-state index contributed by atoms with van der Waals surface area (Å²) in [5.74, 6) is -3.22. The van der Waals surface area contributed by atoms with E-state index in [0.717, 1.165) is 22.9 Å². The second-order valence-electron chi connectivity index (χ2n) is 11.5. The van der Waals surface area contributed by atoms with Crippen molar-refractivity contribution >= 4 is 39.8 Å². The topological polar surface area (TPSA) is 91.8 Å². The maximum atomic E-state index is 14.1. The number of ketones is 2. The van der Waals surface area contributed by atoms with E-state index in [1.807, 2.05) is 73.7 Å². The van der Waals surface area contributed by atoms with Gasteiger partial charge in [0.05, 0.1) is 17.5 Å². The van der Waals surface area contributed by atoms with Gasteiger partial charge in [0.15, 0.2) is 11.6 Å². The van der Waals surface area contributed by atoms with Gasteiger partial charge in [-0.25, -0.2) is 0 Å². The molecule has 4 atom stereocenters. The number of Topliss-reactive ketones (excluding diaryl/α,β-unsaturated/α-hetero) is 1. The van der Waals surface area contributed by atoms with E-state index in [9.17, 15) is 24.3 Å². The number of rotatable bonds is 3. The molecular weight excluding hydrogens is 514 g/mol. The molecule has 4 aliphatic rings. The van der Waals surface area contributed by atoms with Crippen LogP contribution in [0.2, 0.25) is 0 Å². The number of hydrogen-bond acceptors (Lipinski definition) is 5. The van der Waals surface area contributed by atoms with Crippen LogP contribution in [0.15, 0.2) is 95.1 Å². The van der Waals surface area contributed by atoms with E-state index in [1.165, 1.54) is 11.0 Å². The fourth-order valence-electron chi connectivity index (χ4n) is 7.36. The summed E-state index contributed by atoms with van der Waals surface area (Å²) < 4.78 is 0. The highest BCUT2D eigenvalue weighted by Gasteiger charge is 2.56. The van der Waals surface area contributed by atoms with E-state index in [0.29, 0.717) is 39.8 Å². The van der Waals surface area contributed by atoms with E-state index in [2.05, 4.69) is 0 Å². The van der Waals surface area contributed by atoms with Gasteiger partial charge in [-0.3, -0.25) is 24.1 Å². The minimum atomic E-state index is -0.685. The van der Waals surface area contributed by atoms with Gasteiger partial charge in [-0.1, -0.05) is 67.1 Å². The number of carbonyl (C=O) groups is 4. The van der Waals surface area contributed by atoms with Crippen molar-refractivity contribution in [2.45, 2.75) is 39.0 Å². The highest BCUT2D eigenvalue weighted by Crippen LogP contribution is 2.56. The van der Waals surface area contributed by atoms with Crippen molar-refractivity contribution in [1.29, 1.82) is 0 Å². The highest BCUT2D eigenvalue weighted by molar-refractivity contribution is 6.25. The predicted molar refractivity (Wildman–Crippen MR) is 155 cm³/mol. The minimum absolute atomic E-state index is 0.0579. The van der Waals surface area contributed by atoms with E-state index in [1.54, 1.807) is 6.92 Å². The number of fused-ring (bicyclic) bond motifs is 4. The minimum Gasteiger partial charge on any atom is -0.507 e. The Balaban J connectivity index is 1.38. The molecule has 0 spiro atoms. The van der Waals surface area contributed by atoms with Gasteiger partial charge in [-0.05, 0) is 61.3 Å². The van der Waals surface area contributed by atoms with Crippen LogP contribution in [0.4, 0.5) is 5.69 Å². The second-order valence-corrected chi connectivity index (χ2v) is 11.5. The first-order valence-corrected chi connectivity index (χ1v) is 14.2. The van der Waals surface area contributed by atoms with Crippen LogP contribution < -0.4 is 4.90 Å². The first-order valence-electron chi connectivity index (χ1n) is 14.2. The van der Waals surface area contributed by atoms with E-state index in [-0.39, 0.29) is 35.6 Å². The SMILES string of the molecule is CCc1ccc(N2C(=O)C3CC=C4C(c5ccc6ccccc6c5O)C5=C(CC4C3C2=O)C(=O)C=C(C)C5=O)cc1. The molecule has 1 heterocycles. The standard InChI is InChI=1S/C35H29NO5/c1-3-19-8-11-21(12-9-19)36-34(40)25-15-14-23-26(30(25)35(36)41)17-27-28(37)16-18(2)32(38)31(27)29(23)24-13-10-20-6-4-5-7-22(20)33(24)39/h4-14,16,25-26,29-30,39H,3,15,17H2,1-2H3. The van der Waals surface area contributed by atoms with Crippen LogP contribution in [0.5, 0.6) is 5.75 Å². The zero-order valence-electron chi connectivity index (χ0n) is 22.9. The van der Waals surface area contributed by atoms with E-state index < -0.39 is 23.7 Å². The van der Waals surface area contributed by atoms with Crippen molar-refractivity contribution in [1.82, 2.24) is 0 Å². The first-order chi connectivity index (χ1) is 19.8. The Hall–Kier alpha value is -4.58. The van der Waals surface area contributed by atoms with Gasteiger partial charge in [-0.2, -0.15) is 0 Å². The summed E-state index contributed by atoms with van der Waals surface area (Å²) in [4.78, 5) is 56.1. The summed E-state index contributed by atoms with van der Waals surface area (Å²) in [5.41, 5.74) is 4.15. The summed E-state index contributed by atoms with van der Waals surface area (Å²) in [6.07, 6.45) is 4.77. The number of amides is 2. The van der Waals surface area contributed by atoms with Crippen LogP contribution in [0.1, 0.15) is 43.7 Å². The maximum absolute atomic E-state index is 14.1. The maximum Gasteiger partial charge on any atom is 0.238 e. The predicted octanol–water partition coefficient (Wildman–Crippen LogP) is 5.74. The van der Waals surface area contributed by atoms with Crippen molar-refractivity contribution < 1.29 is 24.3 Å². The molecule has 3 aromatic carbocycles. The van der Waals surface area contributed by atoms with Crippen LogP contribution >= 0.6 is 0 Å². The third-order valence-electron chi connectivity index (χ3n) is 9.41. The number of aryl methyl sites for hydroxylation is 1. The van der Waals surface area contributed by atoms with Gasteiger partial charge in [0.2, 0.25) is 11.8 Å². The summed E-state index contributed by atoms with van der Waals surface area (Å²) in [5, 5.41) is 13.0. The lowest BCUT2D eigenvalue weighted by Gasteiger charge is -2.42. The molecule has 1 saturated heterocycles. The van der Waals surface area contributed by atoms with Gasteiger partial charge in [0.1, 0.15) is 5.75 Å². The molecule has 3 aromatic rings. The molecule has 1 fully saturated rings. The molecule has 7 rings (SSSR count). The zero-order chi connectivity index (χ0) is 28.6. The molecule has 3 aliphatic carbocycles. The quantitative estimate of drug-likeness (QED) is 0.258. The molecule has 2 amide bonds. The van der Waals surface area contributed by atoms with Crippen molar-refractivity contribution in [2.75, 3.05) is 4.90 Å². The van der Waals surface area contributed by atoms with Crippen molar-refractivity contribution in [3.05, 3.63) is 106 Å². The number of anilines is 1. The van der Waals surface area contributed by atoms with E-state index in [4.69, 9.17) is 0 Å². The number of carbonyl (C=O) groups excluding carboxylic acids is 4. The average Bonchev–Trinajstić information content (AvgIpc) is 3.25. The third-order valence-corrected chi connectivity index (χ3v) is 9.41. The van der Waals surface area contributed by atoms with E-state index >= 15 is 0 Å². The fraction of sp³-hybridized carbons (Fsp3) is 0.257. The monoisotopic (exact) mass is 543 g/mol. The van der Waals surface area contributed by atoms with Crippen LogP contribution in [0.3, 0.4) is 0 Å². The lowest BCUT2D eigenvalue weighted by atomic mass is 9.59. The van der Waals surface area contributed by atoms with Gasteiger partial charge in [0, 0.05) is 33.6 Å². The van der Waals surface area contributed by atoms with Gasteiger partial charge < -0.3 is 5.11 Å². The lowest BCUT2D eigenvalue weighted by molar-refractivity contribution is -0.123. The summed E-state index contributed by atoms with van der Waals surface area (Å²) in [6, 6.07) is 18.7. The number of phenols is 1. The number of benzene rings is 3. The van der Waals surface area contributed by atoms with Gasteiger partial charge >= 0.3 is 0 Å². The molecular formula is C35H29NO5. The molecule has 1 aliphatic heterocycles. The highest BCUT2D eigenvalue weighted by atomic mass is 16.3. The largest absolute Gasteiger partial charge is 0.507 e. The lowest BCUT2D eigenvalue weighted by Crippen LogP contribution is -2.39. The van der Waals surface area contributed by atoms with Crippen molar-refractivity contribution in [3.63, 3.8) is 0 Å². The Morgan fingerprint density at radius 3 is 2.41 bits per heavy atom. The Morgan fingerprint density at radius 2 is 1.66 bits per heavy atom.